The van der Waals surface area contributed by atoms with Crippen LogP contribution in [-0.2, 0) is 11.3 Å². The Balaban J connectivity index is 1.72. The number of nitrogens with one attached hydrogen (secondary N) is 1. The Kier molecular flexibility index (Phi) is 3.77. The zero-order valence-corrected chi connectivity index (χ0v) is 9.74. The van der Waals surface area contributed by atoms with Gasteiger partial charge in [0.15, 0.2) is 0 Å². The van der Waals surface area contributed by atoms with Gasteiger partial charge in [-0.3, -0.25) is 4.79 Å². The Bertz CT molecular complexity index is 395. The molecule has 0 atom stereocenters. The van der Waals surface area contributed by atoms with Crippen molar-refractivity contribution >= 4 is 17.2 Å². The second kappa shape index (κ2) is 5.51. The van der Waals surface area contributed by atoms with Crippen LogP contribution in [0.2, 0.25) is 0 Å². The summed E-state index contributed by atoms with van der Waals surface area (Å²) < 4.78 is 0. The molecule has 1 N–H and O–H groups in total. The van der Waals surface area contributed by atoms with Crippen LogP contribution in [0.5, 0.6) is 0 Å². The van der Waals surface area contributed by atoms with E-state index < -0.39 is 0 Å². The minimum Gasteiger partial charge on any atom is -0.364 e. The highest BCUT2D eigenvalue weighted by molar-refractivity contribution is 7.09. The lowest BCUT2D eigenvalue weighted by molar-refractivity contribution is -0.121. The number of amides is 1. The summed E-state index contributed by atoms with van der Waals surface area (Å²) in [7, 11) is 0. The second-order valence-electron chi connectivity index (χ2n) is 3.56. The Morgan fingerprint density at radius 2 is 2.44 bits per heavy atom. The maximum atomic E-state index is 11.6. The molecule has 2 heterocycles. The summed E-state index contributed by atoms with van der Waals surface area (Å²) in [5, 5.41) is 4.92. The largest absolute Gasteiger partial charge is 0.364 e. The maximum Gasteiger partial charge on any atom is 0.239 e. The number of carbonyl (C=O) groups excluding carboxylic acids is 1. The van der Waals surface area contributed by atoms with Crippen molar-refractivity contribution in [3.8, 4) is 0 Å². The van der Waals surface area contributed by atoms with E-state index in [0.717, 1.165) is 6.54 Å². The Morgan fingerprint density at radius 1 is 1.50 bits per heavy atom. The third-order valence-electron chi connectivity index (χ3n) is 2.27. The third kappa shape index (κ3) is 3.24. The van der Waals surface area contributed by atoms with Crippen molar-refractivity contribution in [1.82, 2.24) is 10.2 Å². The molecule has 1 aliphatic heterocycles. The first-order valence-corrected chi connectivity index (χ1v) is 6.09. The molecule has 0 aromatic carbocycles. The van der Waals surface area contributed by atoms with Gasteiger partial charge in [-0.15, -0.1) is 11.3 Å². The molecule has 0 saturated heterocycles. The summed E-state index contributed by atoms with van der Waals surface area (Å²) in [6.07, 6.45) is 7.90. The predicted octanol–water partition coefficient (Wildman–Crippen LogP) is 1.75. The van der Waals surface area contributed by atoms with Gasteiger partial charge in [-0.05, 0) is 23.7 Å². The van der Waals surface area contributed by atoms with Crippen molar-refractivity contribution in [3.05, 3.63) is 46.8 Å². The molecule has 1 aliphatic rings. The van der Waals surface area contributed by atoms with Gasteiger partial charge < -0.3 is 10.2 Å². The summed E-state index contributed by atoms with van der Waals surface area (Å²) in [5.74, 6) is 0.0633. The van der Waals surface area contributed by atoms with Gasteiger partial charge in [-0.1, -0.05) is 18.2 Å². The van der Waals surface area contributed by atoms with Crippen molar-refractivity contribution in [2.75, 3.05) is 13.1 Å². The molecular weight excluding hydrogens is 220 g/mol. The molecule has 2 rings (SSSR count). The normalized spacial score (nSPS) is 14.1. The Morgan fingerprint density at radius 3 is 3.12 bits per heavy atom. The lowest BCUT2D eigenvalue weighted by Crippen LogP contribution is -2.34. The number of hydrogen-bond acceptors (Lipinski definition) is 3. The molecule has 1 aromatic heterocycles. The van der Waals surface area contributed by atoms with Crippen molar-refractivity contribution in [2.45, 2.75) is 6.54 Å². The fraction of sp³-hybridized carbons (Fsp3) is 0.250. The first kappa shape index (κ1) is 11.0. The minimum absolute atomic E-state index is 0.0633. The van der Waals surface area contributed by atoms with E-state index in [2.05, 4.69) is 5.32 Å². The van der Waals surface area contributed by atoms with Gasteiger partial charge in [-0.2, -0.15) is 0 Å². The standard InChI is InChI=1S/C12H14N2OS/c15-12(10-14-6-2-1-3-7-14)13-9-11-5-4-8-16-11/h1-6,8H,7,9-10H2,(H,13,15). The molecule has 0 saturated carbocycles. The molecule has 16 heavy (non-hydrogen) atoms. The van der Waals surface area contributed by atoms with E-state index in [-0.39, 0.29) is 5.91 Å². The molecule has 4 heteroatoms. The molecule has 0 spiro atoms. The summed E-state index contributed by atoms with van der Waals surface area (Å²) >= 11 is 1.66. The van der Waals surface area contributed by atoms with Crippen LogP contribution >= 0.6 is 11.3 Å². The first-order chi connectivity index (χ1) is 7.84. The van der Waals surface area contributed by atoms with Gasteiger partial charge in [0.1, 0.15) is 0 Å². The van der Waals surface area contributed by atoms with Gasteiger partial charge in [0, 0.05) is 11.4 Å². The SMILES string of the molecule is O=C(CN1C=CC=CC1)NCc1cccs1. The van der Waals surface area contributed by atoms with E-state index in [1.807, 2.05) is 46.8 Å². The van der Waals surface area contributed by atoms with Crippen molar-refractivity contribution in [3.63, 3.8) is 0 Å². The molecule has 0 aliphatic carbocycles. The van der Waals surface area contributed by atoms with E-state index >= 15 is 0 Å². The van der Waals surface area contributed by atoms with E-state index in [0.29, 0.717) is 13.1 Å². The highest BCUT2D eigenvalue weighted by atomic mass is 32.1. The van der Waals surface area contributed by atoms with Crippen LogP contribution in [0.4, 0.5) is 0 Å². The highest BCUT2D eigenvalue weighted by Gasteiger charge is 2.06. The first-order valence-electron chi connectivity index (χ1n) is 5.21. The minimum atomic E-state index is 0.0633. The van der Waals surface area contributed by atoms with Crippen LogP contribution in [0.25, 0.3) is 0 Å². The summed E-state index contributed by atoms with van der Waals surface area (Å²) in [6.45, 7) is 1.86. The summed E-state index contributed by atoms with van der Waals surface area (Å²) in [6, 6.07) is 4.01. The maximum absolute atomic E-state index is 11.6. The molecule has 84 valence electrons. The zero-order chi connectivity index (χ0) is 11.2. The van der Waals surface area contributed by atoms with Gasteiger partial charge in [0.05, 0.1) is 13.1 Å². The fourth-order valence-corrected chi connectivity index (χ4v) is 2.11. The molecule has 0 radical (unpaired) electrons. The number of allylic oxidation sites excluding steroid dienone is 2. The van der Waals surface area contributed by atoms with Gasteiger partial charge in [0.2, 0.25) is 5.91 Å². The third-order valence-corrected chi connectivity index (χ3v) is 3.15. The smallest absolute Gasteiger partial charge is 0.239 e. The van der Waals surface area contributed by atoms with Gasteiger partial charge in [-0.25, -0.2) is 0 Å². The van der Waals surface area contributed by atoms with Crippen molar-refractivity contribution in [1.29, 1.82) is 0 Å². The monoisotopic (exact) mass is 234 g/mol. The van der Waals surface area contributed by atoms with Crippen LogP contribution in [0.1, 0.15) is 4.88 Å². The van der Waals surface area contributed by atoms with E-state index in [1.54, 1.807) is 11.3 Å². The second-order valence-corrected chi connectivity index (χ2v) is 4.59. The number of carbonyl (C=O) groups is 1. The molecule has 1 aromatic rings. The van der Waals surface area contributed by atoms with E-state index in [1.165, 1.54) is 4.88 Å². The summed E-state index contributed by atoms with van der Waals surface area (Å²) in [4.78, 5) is 14.8. The Hall–Kier alpha value is -1.55. The van der Waals surface area contributed by atoms with E-state index in [4.69, 9.17) is 0 Å². The van der Waals surface area contributed by atoms with Crippen LogP contribution in [-0.4, -0.2) is 23.9 Å². The number of thiophene rings is 1. The predicted molar refractivity (Wildman–Crippen MR) is 66.0 cm³/mol. The molecular formula is C12H14N2OS. The zero-order valence-electron chi connectivity index (χ0n) is 8.93. The number of hydrogen-bond donors (Lipinski definition) is 1. The average molecular weight is 234 g/mol. The van der Waals surface area contributed by atoms with Gasteiger partial charge in [0.25, 0.3) is 0 Å². The summed E-state index contributed by atoms with van der Waals surface area (Å²) in [5.41, 5.74) is 0. The number of nitrogens with zero attached hydrogens (tertiary/aromatic N) is 1. The highest BCUT2D eigenvalue weighted by Crippen LogP contribution is 2.07. The molecule has 0 bridgehead atoms. The lowest BCUT2D eigenvalue weighted by Gasteiger charge is -2.19. The van der Waals surface area contributed by atoms with Crippen molar-refractivity contribution < 1.29 is 4.79 Å². The topological polar surface area (TPSA) is 32.3 Å². The average Bonchev–Trinajstić information content (AvgIpc) is 2.81. The lowest BCUT2D eigenvalue weighted by atomic mass is 10.3. The molecule has 0 fully saturated rings. The van der Waals surface area contributed by atoms with Gasteiger partial charge >= 0.3 is 0 Å². The Labute approximate surface area is 99.1 Å². The van der Waals surface area contributed by atoms with Crippen molar-refractivity contribution in [2.24, 2.45) is 0 Å². The molecule has 0 unspecified atom stereocenters. The fourth-order valence-electron chi connectivity index (χ4n) is 1.46. The van der Waals surface area contributed by atoms with E-state index in [9.17, 15) is 4.79 Å². The van der Waals surface area contributed by atoms with Crippen LogP contribution in [0.15, 0.2) is 41.9 Å². The van der Waals surface area contributed by atoms with Crippen LogP contribution < -0.4 is 5.32 Å². The van der Waals surface area contributed by atoms with Crippen LogP contribution in [0.3, 0.4) is 0 Å². The quantitative estimate of drug-likeness (QED) is 0.861. The molecule has 1 amide bonds. The number of rotatable bonds is 4. The molecule has 3 nitrogen and oxygen atoms in total. The van der Waals surface area contributed by atoms with Crippen LogP contribution in [0, 0.1) is 0 Å².